The van der Waals surface area contributed by atoms with Gasteiger partial charge in [0.2, 0.25) is 0 Å². The van der Waals surface area contributed by atoms with E-state index in [1.165, 1.54) is 29.6 Å². The van der Waals surface area contributed by atoms with Gasteiger partial charge in [-0.3, -0.25) is 0 Å². The zero-order chi connectivity index (χ0) is 8.10. The van der Waals surface area contributed by atoms with Gasteiger partial charge in [0.25, 0.3) is 0 Å². The zero-order valence-corrected chi connectivity index (χ0v) is 7.44. The fourth-order valence-electron chi connectivity index (χ4n) is 0.458. The van der Waals surface area contributed by atoms with Crippen molar-refractivity contribution in [3.63, 3.8) is 0 Å². The molecular formula is C5H9N3OS2. The average Bonchev–Trinajstić information content (AvgIpc) is 2.52. The van der Waals surface area contributed by atoms with Crippen LogP contribution in [-0.2, 0) is 0 Å². The van der Waals surface area contributed by atoms with Gasteiger partial charge >= 0.3 is 0 Å². The zero-order valence-electron chi connectivity index (χ0n) is 5.80. The minimum atomic E-state index is -0.163. The fraction of sp³-hybridized carbons (Fsp3) is 0.600. The van der Waals surface area contributed by atoms with Gasteiger partial charge in [-0.25, -0.2) is 4.98 Å². The minimum absolute atomic E-state index is 0.0196. The second-order valence-electron chi connectivity index (χ2n) is 1.96. The number of rotatable bonds is 4. The molecular weight excluding hydrogens is 182 g/mol. The van der Waals surface area contributed by atoms with Crippen LogP contribution in [0.5, 0.6) is 0 Å². The predicted molar refractivity (Wildman–Crippen MR) is 45.7 cm³/mol. The van der Waals surface area contributed by atoms with Crippen LogP contribution < -0.4 is 5.73 Å². The summed E-state index contributed by atoms with van der Waals surface area (Å²) in [5.74, 6) is 0.686. The van der Waals surface area contributed by atoms with Crippen molar-refractivity contribution < 1.29 is 5.11 Å². The van der Waals surface area contributed by atoms with Crippen molar-refractivity contribution in [1.82, 2.24) is 9.36 Å². The lowest BCUT2D eigenvalue weighted by molar-refractivity contribution is 0.275. The van der Waals surface area contributed by atoms with E-state index in [-0.39, 0.29) is 12.6 Å². The number of nitrogens with two attached hydrogens (primary N) is 1. The maximum atomic E-state index is 8.59. The van der Waals surface area contributed by atoms with Gasteiger partial charge in [0.15, 0.2) is 4.34 Å². The Hall–Kier alpha value is -0.170. The van der Waals surface area contributed by atoms with Gasteiger partial charge in [0.05, 0.1) is 6.61 Å². The standard InChI is InChI=1S/C5H9N3OS2/c6-4(1-9)2-10-5-7-3-8-11-5/h3-4,9H,1-2,6H2. The maximum Gasteiger partial charge on any atom is 0.169 e. The molecule has 0 aromatic carbocycles. The number of aliphatic hydroxyl groups excluding tert-OH is 1. The van der Waals surface area contributed by atoms with Crippen LogP contribution >= 0.6 is 23.3 Å². The van der Waals surface area contributed by atoms with Gasteiger partial charge in [-0.05, 0) is 11.5 Å². The van der Waals surface area contributed by atoms with E-state index >= 15 is 0 Å². The molecule has 1 aromatic heterocycles. The molecule has 0 aliphatic carbocycles. The molecule has 1 aromatic rings. The highest BCUT2D eigenvalue weighted by atomic mass is 32.2. The normalized spacial score (nSPS) is 13.3. The Kier molecular flexibility index (Phi) is 3.78. The SMILES string of the molecule is NC(CO)CSc1ncns1. The van der Waals surface area contributed by atoms with Gasteiger partial charge in [0.1, 0.15) is 6.33 Å². The molecule has 0 saturated heterocycles. The molecule has 11 heavy (non-hydrogen) atoms. The molecule has 0 bridgehead atoms. The van der Waals surface area contributed by atoms with Gasteiger partial charge < -0.3 is 10.8 Å². The molecule has 0 fully saturated rings. The highest BCUT2D eigenvalue weighted by Crippen LogP contribution is 2.18. The van der Waals surface area contributed by atoms with Crippen LogP contribution in [0.3, 0.4) is 0 Å². The summed E-state index contributed by atoms with van der Waals surface area (Å²) in [6, 6.07) is -0.163. The summed E-state index contributed by atoms with van der Waals surface area (Å²) in [4.78, 5) is 3.96. The van der Waals surface area contributed by atoms with Crippen LogP contribution in [0.1, 0.15) is 0 Å². The van der Waals surface area contributed by atoms with Gasteiger partial charge in [-0.15, -0.1) is 0 Å². The van der Waals surface area contributed by atoms with Crippen LogP contribution in [0.2, 0.25) is 0 Å². The van der Waals surface area contributed by atoms with Gasteiger partial charge in [-0.1, -0.05) is 11.8 Å². The lowest BCUT2D eigenvalue weighted by Gasteiger charge is -2.03. The molecule has 0 aliphatic heterocycles. The molecule has 0 saturated carbocycles. The third kappa shape index (κ3) is 3.15. The minimum Gasteiger partial charge on any atom is -0.395 e. The van der Waals surface area contributed by atoms with Gasteiger partial charge in [0, 0.05) is 11.8 Å². The first kappa shape index (κ1) is 8.92. The molecule has 6 heteroatoms. The summed E-state index contributed by atoms with van der Waals surface area (Å²) in [6.07, 6.45) is 1.51. The first-order chi connectivity index (χ1) is 5.33. The first-order valence-electron chi connectivity index (χ1n) is 3.09. The Labute approximate surface area is 73.0 Å². The van der Waals surface area contributed by atoms with Crippen molar-refractivity contribution in [2.75, 3.05) is 12.4 Å². The van der Waals surface area contributed by atoms with Crippen molar-refractivity contribution in [3.05, 3.63) is 6.33 Å². The summed E-state index contributed by atoms with van der Waals surface area (Å²) >= 11 is 2.86. The first-order valence-corrected chi connectivity index (χ1v) is 4.84. The largest absolute Gasteiger partial charge is 0.395 e. The van der Waals surface area contributed by atoms with Crippen molar-refractivity contribution in [2.24, 2.45) is 5.73 Å². The van der Waals surface area contributed by atoms with E-state index in [1.54, 1.807) is 0 Å². The van der Waals surface area contributed by atoms with Crippen LogP contribution in [0.25, 0.3) is 0 Å². The highest BCUT2D eigenvalue weighted by molar-refractivity contribution is 8.00. The van der Waals surface area contributed by atoms with E-state index in [1.807, 2.05) is 0 Å². The van der Waals surface area contributed by atoms with E-state index in [4.69, 9.17) is 10.8 Å². The molecule has 1 rings (SSSR count). The van der Waals surface area contributed by atoms with Gasteiger partial charge in [-0.2, -0.15) is 4.37 Å². The molecule has 0 amide bonds. The number of thioether (sulfide) groups is 1. The van der Waals surface area contributed by atoms with Crippen LogP contribution in [-0.4, -0.2) is 32.9 Å². The Morgan fingerprint density at radius 1 is 1.82 bits per heavy atom. The molecule has 0 radical (unpaired) electrons. The third-order valence-corrected chi connectivity index (χ3v) is 2.98. The number of nitrogens with zero attached hydrogens (tertiary/aromatic N) is 2. The number of hydrogen-bond acceptors (Lipinski definition) is 6. The Morgan fingerprint density at radius 2 is 2.64 bits per heavy atom. The van der Waals surface area contributed by atoms with Crippen LogP contribution in [0.4, 0.5) is 0 Å². The second kappa shape index (κ2) is 4.66. The van der Waals surface area contributed by atoms with E-state index in [2.05, 4.69) is 9.36 Å². The summed E-state index contributed by atoms with van der Waals surface area (Å²) < 4.78 is 4.73. The molecule has 0 spiro atoms. The number of aliphatic hydroxyl groups is 1. The predicted octanol–water partition coefficient (Wildman–Crippen LogP) is -0.0502. The Bertz CT molecular complexity index is 192. The Balaban J connectivity index is 2.23. The molecule has 1 atom stereocenters. The van der Waals surface area contributed by atoms with E-state index in [9.17, 15) is 0 Å². The quantitative estimate of drug-likeness (QED) is 0.653. The number of aromatic nitrogens is 2. The van der Waals surface area contributed by atoms with E-state index in [0.717, 1.165) is 4.34 Å². The topological polar surface area (TPSA) is 72.0 Å². The Morgan fingerprint density at radius 3 is 3.18 bits per heavy atom. The summed E-state index contributed by atoms with van der Waals surface area (Å²) in [6.45, 7) is 0.0196. The van der Waals surface area contributed by atoms with Crippen molar-refractivity contribution in [1.29, 1.82) is 0 Å². The monoisotopic (exact) mass is 191 g/mol. The molecule has 3 N–H and O–H groups in total. The van der Waals surface area contributed by atoms with Crippen molar-refractivity contribution in [3.8, 4) is 0 Å². The fourth-order valence-corrected chi connectivity index (χ4v) is 1.86. The lowest BCUT2D eigenvalue weighted by Crippen LogP contribution is -2.26. The van der Waals surface area contributed by atoms with Crippen molar-refractivity contribution in [2.45, 2.75) is 10.4 Å². The summed E-state index contributed by atoms with van der Waals surface area (Å²) in [5.41, 5.74) is 5.48. The van der Waals surface area contributed by atoms with Crippen molar-refractivity contribution >= 4 is 23.3 Å². The van der Waals surface area contributed by atoms with Crippen LogP contribution in [0.15, 0.2) is 10.7 Å². The maximum absolute atomic E-state index is 8.59. The third-order valence-electron chi connectivity index (χ3n) is 0.996. The lowest BCUT2D eigenvalue weighted by atomic mass is 10.4. The molecule has 1 heterocycles. The molecule has 1 unspecified atom stereocenters. The highest BCUT2D eigenvalue weighted by Gasteiger charge is 2.02. The van der Waals surface area contributed by atoms with E-state index in [0.29, 0.717) is 5.75 Å². The summed E-state index contributed by atoms with van der Waals surface area (Å²) in [5, 5.41) is 8.59. The molecule has 4 nitrogen and oxygen atoms in total. The molecule has 0 aliphatic rings. The second-order valence-corrected chi connectivity index (χ2v) is 4.01. The average molecular weight is 191 g/mol. The summed E-state index contributed by atoms with van der Waals surface area (Å²) in [7, 11) is 0. The molecule has 62 valence electrons. The number of hydrogen-bond donors (Lipinski definition) is 2. The van der Waals surface area contributed by atoms with Crippen LogP contribution in [0, 0.1) is 0 Å². The smallest absolute Gasteiger partial charge is 0.169 e. The van der Waals surface area contributed by atoms with E-state index < -0.39 is 0 Å².